The molecule has 18 heavy (non-hydrogen) atoms. The van der Waals surface area contributed by atoms with Gasteiger partial charge in [0, 0.05) is 6.04 Å². The van der Waals surface area contributed by atoms with Crippen molar-refractivity contribution in [2.24, 2.45) is 17.6 Å². The van der Waals surface area contributed by atoms with Gasteiger partial charge in [0.05, 0.1) is 0 Å². The Morgan fingerprint density at radius 1 is 1.28 bits per heavy atom. The molecule has 0 amide bonds. The van der Waals surface area contributed by atoms with Crippen molar-refractivity contribution in [2.45, 2.75) is 45.1 Å². The predicted octanol–water partition coefficient (Wildman–Crippen LogP) is 4.18. The summed E-state index contributed by atoms with van der Waals surface area (Å²) in [4.78, 5) is 0. The number of rotatable bonds is 3. The highest BCUT2D eigenvalue weighted by atomic mass is 19.2. The molecule has 0 radical (unpaired) electrons. The van der Waals surface area contributed by atoms with Gasteiger partial charge < -0.3 is 5.73 Å². The summed E-state index contributed by atoms with van der Waals surface area (Å²) in [6, 6.07) is 3.85. The average molecular weight is 253 g/mol. The van der Waals surface area contributed by atoms with Crippen LogP contribution in [0.4, 0.5) is 8.78 Å². The minimum Gasteiger partial charge on any atom is -0.324 e. The van der Waals surface area contributed by atoms with Crippen LogP contribution in [0.15, 0.2) is 18.2 Å². The van der Waals surface area contributed by atoms with Crippen molar-refractivity contribution < 1.29 is 8.78 Å². The highest BCUT2D eigenvalue weighted by Gasteiger charge is 2.26. The number of benzene rings is 1. The van der Waals surface area contributed by atoms with Gasteiger partial charge in [-0.1, -0.05) is 32.3 Å². The minimum absolute atomic E-state index is 0.172. The summed E-state index contributed by atoms with van der Waals surface area (Å²) < 4.78 is 26.1. The third kappa shape index (κ3) is 2.89. The van der Waals surface area contributed by atoms with Gasteiger partial charge in [0.2, 0.25) is 0 Å². The number of hydrogen-bond donors (Lipinski definition) is 1. The maximum Gasteiger partial charge on any atom is 0.159 e. The van der Waals surface area contributed by atoms with E-state index in [0.29, 0.717) is 5.92 Å². The maximum atomic E-state index is 13.2. The Morgan fingerprint density at radius 3 is 2.72 bits per heavy atom. The summed E-state index contributed by atoms with van der Waals surface area (Å²) in [6.07, 6.45) is 5.85. The fraction of sp³-hybridized carbons (Fsp3) is 0.600. The lowest BCUT2D eigenvalue weighted by atomic mass is 9.75. The fourth-order valence-corrected chi connectivity index (χ4v) is 3.02. The molecule has 100 valence electrons. The van der Waals surface area contributed by atoms with E-state index in [1.165, 1.54) is 31.4 Å². The summed E-state index contributed by atoms with van der Waals surface area (Å²) in [5, 5.41) is 0. The molecule has 0 bridgehead atoms. The van der Waals surface area contributed by atoms with E-state index in [1.807, 2.05) is 0 Å². The SMILES string of the molecule is CCC1CCCC(C(N)c2ccc(F)c(F)c2)C1. The van der Waals surface area contributed by atoms with Crippen molar-refractivity contribution in [3.05, 3.63) is 35.4 Å². The third-order valence-corrected chi connectivity index (χ3v) is 4.24. The van der Waals surface area contributed by atoms with E-state index in [0.717, 1.165) is 24.3 Å². The van der Waals surface area contributed by atoms with Gasteiger partial charge in [-0.05, 0) is 42.4 Å². The molecule has 0 aliphatic heterocycles. The zero-order valence-corrected chi connectivity index (χ0v) is 10.8. The van der Waals surface area contributed by atoms with Crippen LogP contribution in [0.3, 0.4) is 0 Å². The Hall–Kier alpha value is -0.960. The average Bonchev–Trinajstić information content (AvgIpc) is 2.41. The van der Waals surface area contributed by atoms with Gasteiger partial charge >= 0.3 is 0 Å². The van der Waals surface area contributed by atoms with E-state index in [-0.39, 0.29) is 6.04 Å². The smallest absolute Gasteiger partial charge is 0.159 e. The molecule has 1 aliphatic rings. The highest BCUT2D eigenvalue weighted by molar-refractivity contribution is 5.21. The van der Waals surface area contributed by atoms with E-state index in [2.05, 4.69) is 6.92 Å². The molecule has 0 saturated heterocycles. The van der Waals surface area contributed by atoms with Crippen LogP contribution in [-0.2, 0) is 0 Å². The largest absolute Gasteiger partial charge is 0.324 e. The van der Waals surface area contributed by atoms with Crippen molar-refractivity contribution in [1.29, 1.82) is 0 Å². The fourth-order valence-electron chi connectivity index (χ4n) is 3.02. The summed E-state index contributed by atoms with van der Waals surface area (Å²) in [5.74, 6) is -0.472. The summed E-state index contributed by atoms with van der Waals surface area (Å²) >= 11 is 0. The van der Waals surface area contributed by atoms with Gasteiger partial charge in [0.1, 0.15) is 0 Å². The van der Waals surface area contributed by atoms with Gasteiger partial charge in [-0.3, -0.25) is 0 Å². The van der Waals surface area contributed by atoms with Crippen molar-refractivity contribution in [3.8, 4) is 0 Å². The molecule has 3 unspecified atom stereocenters. The molecule has 3 atom stereocenters. The van der Waals surface area contributed by atoms with E-state index in [9.17, 15) is 8.78 Å². The predicted molar refractivity (Wildman–Crippen MR) is 69.0 cm³/mol. The van der Waals surface area contributed by atoms with E-state index < -0.39 is 11.6 Å². The minimum atomic E-state index is -0.805. The topological polar surface area (TPSA) is 26.0 Å². The second kappa shape index (κ2) is 5.79. The molecule has 2 N–H and O–H groups in total. The molecule has 1 aliphatic carbocycles. The number of halogens is 2. The molecular weight excluding hydrogens is 232 g/mol. The molecule has 1 saturated carbocycles. The van der Waals surface area contributed by atoms with Crippen LogP contribution >= 0.6 is 0 Å². The van der Waals surface area contributed by atoms with Gasteiger partial charge in [0.15, 0.2) is 11.6 Å². The molecule has 0 heterocycles. The molecule has 3 heteroatoms. The normalized spacial score (nSPS) is 26.0. The monoisotopic (exact) mass is 253 g/mol. The Labute approximate surface area is 107 Å². The van der Waals surface area contributed by atoms with Crippen molar-refractivity contribution in [3.63, 3.8) is 0 Å². The van der Waals surface area contributed by atoms with Crippen LogP contribution in [0.5, 0.6) is 0 Å². The van der Waals surface area contributed by atoms with Crippen LogP contribution in [0, 0.1) is 23.5 Å². The zero-order chi connectivity index (χ0) is 13.1. The first-order valence-electron chi connectivity index (χ1n) is 6.82. The van der Waals surface area contributed by atoms with Crippen molar-refractivity contribution in [2.75, 3.05) is 0 Å². The second-order valence-electron chi connectivity index (χ2n) is 5.40. The second-order valence-corrected chi connectivity index (χ2v) is 5.40. The van der Waals surface area contributed by atoms with Gasteiger partial charge in [0.25, 0.3) is 0 Å². The summed E-state index contributed by atoms with van der Waals surface area (Å²) in [6.45, 7) is 2.20. The number of nitrogens with two attached hydrogens (primary N) is 1. The molecule has 1 aromatic rings. The lowest BCUT2D eigenvalue weighted by Gasteiger charge is -2.32. The maximum absolute atomic E-state index is 13.2. The van der Waals surface area contributed by atoms with Crippen molar-refractivity contribution in [1.82, 2.24) is 0 Å². The van der Waals surface area contributed by atoms with E-state index in [4.69, 9.17) is 5.73 Å². The van der Waals surface area contributed by atoms with Crippen LogP contribution in [0.1, 0.15) is 50.6 Å². The van der Waals surface area contributed by atoms with Crippen LogP contribution < -0.4 is 5.73 Å². The zero-order valence-electron chi connectivity index (χ0n) is 10.8. The molecule has 1 fully saturated rings. The summed E-state index contributed by atoms with van der Waals surface area (Å²) in [7, 11) is 0. The molecular formula is C15H21F2N. The molecule has 1 aromatic carbocycles. The lowest BCUT2D eigenvalue weighted by molar-refractivity contribution is 0.230. The summed E-state index contributed by atoms with van der Waals surface area (Å²) in [5.41, 5.74) is 6.93. The molecule has 1 nitrogen and oxygen atoms in total. The number of hydrogen-bond acceptors (Lipinski definition) is 1. The van der Waals surface area contributed by atoms with Gasteiger partial charge in [-0.15, -0.1) is 0 Å². The Balaban J connectivity index is 2.10. The Kier molecular flexibility index (Phi) is 4.33. The standard InChI is InChI=1S/C15H21F2N/c1-2-10-4-3-5-11(8-10)15(18)12-6-7-13(16)14(17)9-12/h6-7,9-11,15H,2-5,8,18H2,1H3. The molecule has 0 aromatic heterocycles. The van der Waals surface area contributed by atoms with Crippen molar-refractivity contribution >= 4 is 0 Å². The highest BCUT2D eigenvalue weighted by Crippen LogP contribution is 2.37. The van der Waals surface area contributed by atoms with Gasteiger partial charge in [-0.2, -0.15) is 0 Å². The van der Waals surface area contributed by atoms with Crippen LogP contribution in [-0.4, -0.2) is 0 Å². The first kappa shape index (κ1) is 13.5. The molecule has 2 rings (SSSR count). The third-order valence-electron chi connectivity index (χ3n) is 4.24. The van der Waals surface area contributed by atoms with Gasteiger partial charge in [-0.25, -0.2) is 8.78 Å². The first-order chi connectivity index (χ1) is 8.61. The van der Waals surface area contributed by atoms with E-state index >= 15 is 0 Å². The molecule has 0 spiro atoms. The first-order valence-corrected chi connectivity index (χ1v) is 6.82. The Bertz CT molecular complexity index is 405. The van der Waals surface area contributed by atoms with Crippen LogP contribution in [0.2, 0.25) is 0 Å². The lowest BCUT2D eigenvalue weighted by Crippen LogP contribution is -2.27. The Morgan fingerprint density at radius 2 is 2.06 bits per heavy atom. The van der Waals surface area contributed by atoms with Crippen LogP contribution in [0.25, 0.3) is 0 Å². The van der Waals surface area contributed by atoms with E-state index in [1.54, 1.807) is 6.07 Å². The quantitative estimate of drug-likeness (QED) is 0.859.